The molecule has 0 radical (unpaired) electrons. The molecule has 5 heteroatoms. The smallest absolute Gasteiger partial charge is 0.358 e. The second-order valence-electron chi connectivity index (χ2n) is 2.95. The summed E-state index contributed by atoms with van der Waals surface area (Å²) in [6.07, 6.45) is 0.544. The standard InChI is InChI=1S/C10H12N2O3/c11-6-5-7-3-1-2-4-8(7)9(12-15)10(13)14/h1-4,15H,5-6,11H2,(H,13,14). The second-order valence-corrected chi connectivity index (χ2v) is 2.95. The van der Waals surface area contributed by atoms with Crippen LogP contribution in [-0.2, 0) is 11.2 Å². The van der Waals surface area contributed by atoms with E-state index in [9.17, 15) is 4.79 Å². The van der Waals surface area contributed by atoms with Crippen LogP contribution in [0.4, 0.5) is 0 Å². The van der Waals surface area contributed by atoms with Crippen LogP contribution in [0.5, 0.6) is 0 Å². The van der Waals surface area contributed by atoms with Gasteiger partial charge in [0.05, 0.1) is 0 Å². The Hall–Kier alpha value is -1.88. The van der Waals surface area contributed by atoms with Gasteiger partial charge in [0.1, 0.15) is 0 Å². The summed E-state index contributed by atoms with van der Waals surface area (Å²) in [6, 6.07) is 6.82. The molecule has 0 aliphatic heterocycles. The quantitative estimate of drug-likeness (QED) is 0.380. The number of hydrogen-bond acceptors (Lipinski definition) is 4. The van der Waals surface area contributed by atoms with Gasteiger partial charge in [0.15, 0.2) is 5.71 Å². The third kappa shape index (κ3) is 2.54. The first-order valence-electron chi connectivity index (χ1n) is 4.44. The lowest BCUT2D eigenvalue weighted by Crippen LogP contribution is -2.17. The molecule has 0 saturated heterocycles. The Balaban J connectivity index is 3.17. The lowest BCUT2D eigenvalue weighted by atomic mass is 10.0. The molecule has 0 atom stereocenters. The molecule has 0 unspecified atom stereocenters. The van der Waals surface area contributed by atoms with Crippen LogP contribution >= 0.6 is 0 Å². The number of rotatable bonds is 4. The molecule has 1 aromatic rings. The van der Waals surface area contributed by atoms with Gasteiger partial charge in [-0.3, -0.25) is 0 Å². The summed E-state index contributed by atoms with van der Waals surface area (Å²) in [4.78, 5) is 10.8. The van der Waals surface area contributed by atoms with Gasteiger partial charge in [0.25, 0.3) is 0 Å². The molecule has 0 aliphatic carbocycles. The van der Waals surface area contributed by atoms with Crippen molar-refractivity contribution >= 4 is 11.7 Å². The van der Waals surface area contributed by atoms with Crippen molar-refractivity contribution in [1.29, 1.82) is 0 Å². The summed E-state index contributed by atoms with van der Waals surface area (Å²) < 4.78 is 0. The Labute approximate surface area is 86.8 Å². The van der Waals surface area contributed by atoms with Gasteiger partial charge in [-0.2, -0.15) is 0 Å². The van der Waals surface area contributed by atoms with Crippen LogP contribution in [-0.4, -0.2) is 28.5 Å². The van der Waals surface area contributed by atoms with E-state index >= 15 is 0 Å². The first-order valence-corrected chi connectivity index (χ1v) is 4.44. The molecular weight excluding hydrogens is 196 g/mol. The van der Waals surface area contributed by atoms with Gasteiger partial charge < -0.3 is 16.0 Å². The molecule has 0 amide bonds. The van der Waals surface area contributed by atoms with Gasteiger partial charge in [-0.1, -0.05) is 29.4 Å². The average molecular weight is 208 g/mol. The maximum Gasteiger partial charge on any atom is 0.358 e. The van der Waals surface area contributed by atoms with E-state index in [2.05, 4.69) is 5.16 Å². The molecule has 80 valence electrons. The van der Waals surface area contributed by atoms with Crippen LogP contribution in [0.2, 0.25) is 0 Å². The van der Waals surface area contributed by atoms with Crippen molar-refractivity contribution in [3.8, 4) is 0 Å². The Morgan fingerprint density at radius 3 is 2.60 bits per heavy atom. The Kier molecular flexibility index (Phi) is 3.82. The fraction of sp³-hybridized carbons (Fsp3) is 0.200. The van der Waals surface area contributed by atoms with E-state index in [1.807, 2.05) is 0 Å². The number of benzene rings is 1. The number of oxime groups is 1. The van der Waals surface area contributed by atoms with Gasteiger partial charge >= 0.3 is 5.97 Å². The maximum atomic E-state index is 10.8. The zero-order valence-corrected chi connectivity index (χ0v) is 8.05. The first kappa shape index (κ1) is 11.2. The largest absolute Gasteiger partial charge is 0.476 e. The van der Waals surface area contributed by atoms with Crippen molar-refractivity contribution < 1.29 is 15.1 Å². The SMILES string of the molecule is NCCc1ccccc1C(=NO)C(=O)O. The minimum Gasteiger partial charge on any atom is -0.476 e. The molecule has 15 heavy (non-hydrogen) atoms. The van der Waals surface area contributed by atoms with Crippen molar-refractivity contribution in [2.24, 2.45) is 10.9 Å². The summed E-state index contributed by atoms with van der Waals surface area (Å²) in [5, 5.41) is 20.2. The molecule has 0 saturated carbocycles. The predicted molar refractivity (Wildman–Crippen MR) is 55.2 cm³/mol. The van der Waals surface area contributed by atoms with E-state index in [-0.39, 0.29) is 5.71 Å². The number of nitrogens with two attached hydrogens (primary N) is 1. The normalized spacial score (nSPS) is 11.4. The van der Waals surface area contributed by atoms with Crippen molar-refractivity contribution in [3.05, 3.63) is 35.4 Å². The molecule has 0 heterocycles. The minimum atomic E-state index is -1.26. The predicted octanol–water partition coefficient (Wildman–Crippen LogP) is 0.451. The van der Waals surface area contributed by atoms with E-state index in [4.69, 9.17) is 16.0 Å². The Bertz CT molecular complexity index is 388. The van der Waals surface area contributed by atoms with Crippen LogP contribution in [0.3, 0.4) is 0 Å². The van der Waals surface area contributed by atoms with Crippen LogP contribution in [0.25, 0.3) is 0 Å². The lowest BCUT2D eigenvalue weighted by Gasteiger charge is -2.06. The van der Waals surface area contributed by atoms with Crippen molar-refractivity contribution in [1.82, 2.24) is 0 Å². The van der Waals surface area contributed by atoms with Gasteiger partial charge in [-0.25, -0.2) is 4.79 Å². The lowest BCUT2D eigenvalue weighted by molar-refractivity contribution is -0.129. The number of aliphatic carboxylic acids is 1. The molecular formula is C10H12N2O3. The number of carboxylic acids is 1. The molecule has 0 fully saturated rings. The number of carboxylic acid groups (broad SMARTS) is 1. The highest BCUT2D eigenvalue weighted by Gasteiger charge is 2.16. The van der Waals surface area contributed by atoms with E-state index in [0.717, 1.165) is 5.56 Å². The van der Waals surface area contributed by atoms with E-state index < -0.39 is 5.97 Å². The summed E-state index contributed by atoms with van der Waals surface area (Å²) in [5.74, 6) is -1.26. The van der Waals surface area contributed by atoms with Crippen LogP contribution in [0.1, 0.15) is 11.1 Å². The molecule has 1 aromatic carbocycles. The molecule has 0 bridgehead atoms. The van der Waals surface area contributed by atoms with Crippen LogP contribution in [0.15, 0.2) is 29.4 Å². The minimum absolute atomic E-state index is 0.362. The van der Waals surface area contributed by atoms with Gasteiger partial charge in [-0.15, -0.1) is 0 Å². The monoisotopic (exact) mass is 208 g/mol. The second kappa shape index (κ2) is 5.11. The van der Waals surface area contributed by atoms with Gasteiger partial charge in [0, 0.05) is 5.56 Å². The molecule has 5 nitrogen and oxygen atoms in total. The van der Waals surface area contributed by atoms with Crippen LogP contribution in [0, 0.1) is 0 Å². The highest BCUT2D eigenvalue weighted by atomic mass is 16.4. The third-order valence-corrected chi connectivity index (χ3v) is 1.99. The van der Waals surface area contributed by atoms with Gasteiger partial charge in [-0.05, 0) is 18.5 Å². The van der Waals surface area contributed by atoms with Crippen molar-refractivity contribution in [2.45, 2.75) is 6.42 Å². The van der Waals surface area contributed by atoms with Gasteiger partial charge in [0.2, 0.25) is 0 Å². The Morgan fingerprint density at radius 2 is 2.07 bits per heavy atom. The fourth-order valence-corrected chi connectivity index (χ4v) is 1.34. The maximum absolute atomic E-state index is 10.8. The highest BCUT2D eigenvalue weighted by molar-refractivity contribution is 6.42. The van der Waals surface area contributed by atoms with E-state index in [1.165, 1.54) is 0 Å². The Morgan fingerprint density at radius 1 is 1.40 bits per heavy atom. The summed E-state index contributed by atoms with van der Waals surface area (Å²) >= 11 is 0. The zero-order chi connectivity index (χ0) is 11.3. The number of carbonyl (C=O) groups is 1. The number of hydrogen-bond donors (Lipinski definition) is 3. The summed E-state index contributed by atoms with van der Waals surface area (Å²) in [6.45, 7) is 0.412. The number of nitrogens with zero attached hydrogens (tertiary/aromatic N) is 1. The van der Waals surface area contributed by atoms with Crippen molar-refractivity contribution in [3.63, 3.8) is 0 Å². The molecule has 0 aromatic heterocycles. The van der Waals surface area contributed by atoms with Crippen LogP contribution < -0.4 is 5.73 Å². The highest BCUT2D eigenvalue weighted by Crippen LogP contribution is 2.10. The topological polar surface area (TPSA) is 95.9 Å². The summed E-state index contributed by atoms with van der Waals surface area (Å²) in [7, 11) is 0. The molecule has 0 spiro atoms. The summed E-state index contributed by atoms with van der Waals surface area (Å²) in [5.41, 5.74) is 6.20. The molecule has 0 aliphatic rings. The average Bonchev–Trinajstić information content (AvgIpc) is 2.21. The zero-order valence-electron chi connectivity index (χ0n) is 8.05. The molecule has 1 rings (SSSR count). The first-order chi connectivity index (χ1) is 7.20. The van der Waals surface area contributed by atoms with Crippen molar-refractivity contribution in [2.75, 3.05) is 6.54 Å². The van der Waals surface area contributed by atoms with E-state index in [0.29, 0.717) is 18.5 Å². The molecule has 4 N–H and O–H groups in total. The third-order valence-electron chi connectivity index (χ3n) is 1.99. The fourth-order valence-electron chi connectivity index (χ4n) is 1.34. The van der Waals surface area contributed by atoms with E-state index in [1.54, 1.807) is 24.3 Å².